The van der Waals surface area contributed by atoms with Crippen LogP contribution < -0.4 is 4.90 Å². The molecule has 0 bridgehead atoms. The lowest BCUT2D eigenvalue weighted by atomic mass is 9.95. The van der Waals surface area contributed by atoms with E-state index in [0.29, 0.717) is 26.2 Å². The van der Waals surface area contributed by atoms with E-state index >= 15 is 0 Å². The molecule has 1 aromatic rings. The summed E-state index contributed by atoms with van der Waals surface area (Å²) < 4.78 is 5.44. The van der Waals surface area contributed by atoms with Crippen LogP contribution in [0, 0.1) is 7.05 Å². The number of nitrogens with one attached hydrogen (secondary N) is 1. The predicted octanol–water partition coefficient (Wildman–Crippen LogP) is 0.0887. The number of hydrogen-bond donors (Lipinski definition) is 2. The molecular weight excluding hydrogens is 238 g/mol. The molecule has 1 fully saturated rings. The van der Waals surface area contributed by atoms with Crippen molar-refractivity contribution in [3.05, 3.63) is 42.9 Å². The highest BCUT2D eigenvalue weighted by molar-refractivity contribution is 5.85. The van der Waals surface area contributed by atoms with E-state index in [9.17, 15) is 5.11 Å². The van der Waals surface area contributed by atoms with E-state index < -0.39 is 5.60 Å². The van der Waals surface area contributed by atoms with Gasteiger partial charge in [-0.3, -0.25) is 0 Å². The highest BCUT2D eigenvalue weighted by atomic mass is 35.5. The van der Waals surface area contributed by atoms with Crippen molar-refractivity contribution in [2.24, 2.45) is 0 Å². The van der Waals surface area contributed by atoms with E-state index in [-0.39, 0.29) is 12.4 Å². The highest BCUT2D eigenvalue weighted by Gasteiger charge is 2.32. The summed E-state index contributed by atoms with van der Waals surface area (Å²) >= 11 is 0. The average molecular weight is 258 g/mol. The van der Waals surface area contributed by atoms with Gasteiger partial charge in [0, 0.05) is 6.42 Å². The molecule has 4 heteroatoms. The number of aliphatic hydroxyl groups is 1. The number of hydrogen-bond acceptors (Lipinski definition) is 2. The minimum Gasteiger partial charge on any atom is -0.463 e. The van der Waals surface area contributed by atoms with Crippen LogP contribution in [0.3, 0.4) is 0 Å². The first kappa shape index (κ1) is 14.5. The zero-order chi connectivity index (χ0) is 11.4. The third-order valence-electron chi connectivity index (χ3n) is 2.93. The molecule has 0 aromatic heterocycles. The quantitative estimate of drug-likeness (QED) is 0.737. The maximum atomic E-state index is 10.5. The number of quaternary nitrogens is 1. The summed E-state index contributed by atoms with van der Waals surface area (Å²) in [5, 5.41) is 10.5. The molecule has 0 amide bonds. The monoisotopic (exact) mass is 257 g/mol. The zero-order valence-corrected chi connectivity index (χ0v) is 10.7. The molecule has 1 aliphatic heterocycles. The number of benzene rings is 1. The zero-order valence-electron chi connectivity index (χ0n) is 9.89. The molecule has 0 saturated carbocycles. The van der Waals surface area contributed by atoms with Crippen LogP contribution in [0.15, 0.2) is 30.3 Å². The second kappa shape index (κ2) is 6.36. The number of halogens is 1. The van der Waals surface area contributed by atoms with E-state index in [2.05, 4.69) is 7.05 Å². The Morgan fingerprint density at radius 2 is 2.06 bits per heavy atom. The highest BCUT2D eigenvalue weighted by Crippen LogP contribution is 2.13. The molecule has 2 rings (SSSR count). The van der Waals surface area contributed by atoms with Crippen molar-refractivity contribution >= 4 is 12.4 Å². The molecule has 1 saturated heterocycles. The van der Waals surface area contributed by atoms with Gasteiger partial charge in [-0.15, -0.1) is 12.4 Å². The van der Waals surface area contributed by atoms with Gasteiger partial charge in [-0.05, 0) is 5.56 Å². The predicted molar refractivity (Wildman–Crippen MR) is 69.2 cm³/mol. The standard InChI is InChI=1S/C13H19NO2.ClH/c1-14-7-8-16-11-13(15,10-14)9-12-5-3-2-4-6-12;/h2-6,14-15H,1,7-11H2;1H. The van der Waals surface area contributed by atoms with Crippen LogP contribution in [0.4, 0.5) is 0 Å². The Balaban J connectivity index is 0.00000144. The van der Waals surface area contributed by atoms with Crippen LogP contribution in [0.2, 0.25) is 0 Å². The molecule has 0 aliphatic carbocycles. The average Bonchev–Trinajstić information content (AvgIpc) is 2.41. The SMILES string of the molecule is Cl.[CH2-][NH+]1CCOCC(O)(Cc2ccccc2)C1. The Hall–Kier alpha value is -0.610. The molecule has 1 aromatic carbocycles. The molecule has 2 N–H and O–H groups in total. The molecular formula is C13H20ClNO2. The Labute approximate surface area is 109 Å². The molecule has 0 radical (unpaired) electrons. The van der Waals surface area contributed by atoms with Gasteiger partial charge in [0.1, 0.15) is 5.60 Å². The Morgan fingerprint density at radius 1 is 1.35 bits per heavy atom. The van der Waals surface area contributed by atoms with Crippen LogP contribution >= 0.6 is 12.4 Å². The fourth-order valence-corrected chi connectivity index (χ4v) is 2.17. The van der Waals surface area contributed by atoms with Gasteiger partial charge in [-0.2, -0.15) is 7.05 Å². The molecule has 0 spiro atoms. The Morgan fingerprint density at radius 3 is 2.76 bits per heavy atom. The summed E-state index contributed by atoms with van der Waals surface area (Å²) in [5.74, 6) is 0. The van der Waals surface area contributed by atoms with Crippen molar-refractivity contribution in [2.75, 3.05) is 26.3 Å². The summed E-state index contributed by atoms with van der Waals surface area (Å²) in [7, 11) is 3.97. The summed E-state index contributed by atoms with van der Waals surface area (Å²) in [6, 6.07) is 10.0. The van der Waals surface area contributed by atoms with Crippen LogP contribution in [0.25, 0.3) is 0 Å². The summed E-state index contributed by atoms with van der Waals surface area (Å²) in [4.78, 5) is 1.08. The fraction of sp³-hybridized carbons (Fsp3) is 0.462. The minimum atomic E-state index is -0.783. The normalized spacial score (nSPS) is 29.2. The molecule has 2 atom stereocenters. The van der Waals surface area contributed by atoms with E-state index in [1.807, 2.05) is 30.3 Å². The topological polar surface area (TPSA) is 33.9 Å². The largest absolute Gasteiger partial charge is 0.463 e. The fourth-order valence-electron chi connectivity index (χ4n) is 2.17. The Kier molecular flexibility index (Phi) is 5.40. The lowest BCUT2D eigenvalue weighted by Crippen LogP contribution is -3.09. The van der Waals surface area contributed by atoms with E-state index in [1.165, 1.54) is 0 Å². The third-order valence-corrected chi connectivity index (χ3v) is 2.93. The van der Waals surface area contributed by atoms with Crippen molar-refractivity contribution in [3.8, 4) is 0 Å². The van der Waals surface area contributed by atoms with Gasteiger partial charge in [0.15, 0.2) is 0 Å². The lowest BCUT2D eigenvalue weighted by Gasteiger charge is -2.29. The van der Waals surface area contributed by atoms with Gasteiger partial charge in [-0.1, -0.05) is 30.3 Å². The van der Waals surface area contributed by atoms with Gasteiger partial charge >= 0.3 is 0 Å². The maximum absolute atomic E-state index is 10.5. The van der Waals surface area contributed by atoms with Gasteiger partial charge in [-0.25, -0.2) is 0 Å². The van der Waals surface area contributed by atoms with E-state index in [4.69, 9.17) is 4.74 Å². The summed E-state index contributed by atoms with van der Waals surface area (Å²) in [6.07, 6.45) is 0.632. The van der Waals surface area contributed by atoms with Crippen molar-refractivity contribution < 1.29 is 14.7 Å². The molecule has 2 unspecified atom stereocenters. The van der Waals surface area contributed by atoms with Crippen molar-refractivity contribution in [1.82, 2.24) is 0 Å². The lowest BCUT2D eigenvalue weighted by molar-refractivity contribution is -0.858. The first-order valence-corrected chi connectivity index (χ1v) is 5.69. The number of ether oxygens (including phenoxy) is 1. The Bertz CT molecular complexity index is 333. The first-order valence-electron chi connectivity index (χ1n) is 5.69. The molecule has 17 heavy (non-hydrogen) atoms. The van der Waals surface area contributed by atoms with Crippen molar-refractivity contribution in [3.63, 3.8) is 0 Å². The van der Waals surface area contributed by atoms with Crippen LogP contribution in [-0.4, -0.2) is 37.0 Å². The molecule has 1 aliphatic rings. The molecule has 1 heterocycles. The van der Waals surface area contributed by atoms with Crippen molar-refractivity contribution in [2.45, 2.75) is 12.0 Å². The third kappa shape index (κ3) is 4.28. The molecule has 3 nitrogen and oxygen atoms in total. The van der Waals surface area contributed by atoms with E-state index in [1.54, 1.807) is 0 Å². The van der Waals surface area contributed by atoms with Gasteiger partial charge in [0.05, 0.1) is 26.3 Å². The first-order chi connectivity index (χ1) is 7.68. The minimum absolute atomic E-state index is 0. The second-order valence-corrected chi connectivity index (χ2v) is 4.62. The maximum Gasteiger partial charge on any atom is 0.138 e. The van der Waals surface area contributed by atoms with E-state index in [0.717, 1.165) is 17.0 Å². The van der Waals surface area contributed by atoms with Crippen molar-refractivity contribution in [1.29, 1.82) is 0 Å². The van der Waals surface area contributed by atoms with Gasteiger partial charge < -0.3 is 14.7 Å². The van der Waals surface area contributed by atoms with Crippen LogP contribution in [0.5, 0.6) is 0 Å². The summed E-state index contributed by atoms with van der Waals surface area (Å²) in [5.41, 5.74) is 0.359. The van der Waals surface area contributed by atoms with Gasteiger partial charge in [0.2, 0.25) is 0 Å². The summed E-state index contributed by atoms with van der Waals surface area (Å²) in [6.45, 7) is 2.58. The van der Waals surface area contributed by atoms with Gasteiger partial charge in [0.25, 0.3) is 0 Å². The smallest absolute Gasteiger partial charge is 0.138 e. The van der Waals surface area contributed by atoms with Crippen LogP contribution in [-0.2, 0) is 11.2 Å². The second-order valence-electron chi connectivity index (χ2n) is 4.62. The van der Waals surface area contributed by atoms with Crippen LogP contribution in [0.1, 0.15) is 5.56 Å². The number of rotatable bonds is 2. The molecule has 96 valence electrons.